The summed E-state index contributed by atoms with van der Waals surface area (Å²) in [5.41, 5.74) is 1.63. The van der Waals surface area contributed by atoms with E-state index in [9.17, 15) is 4.79 Å². The first kappa shape index (κ1) is 4.73. The lowest BCUT2D eigenvalue weighted by molar-refractivity contribution is 0.0990. The molecule has 46 valence electrons. The Morgan fingerprint density at radius 2 is 2.22 bits per heavy atom. The van der Waals surface area contributed by atoms with Gasteiger partial charge in [-0.2, -0.15) is 0 Å². The third kappa shape index (κ3) is 0.313. The van der Waals surface area contributed by atoms with Crippen molar-refractivity contribution in [1.82, 2.24) is 9.55 Å². The van der Waals surface area contributed by atoms with E-state index in [4.69, 9.17) is 0 Å². The average molecular weight is 122 g/mol. The number of aryl methyl sites for hydroxylation is 2. The Hall–Kier alpha value is -1.12. The summed E-state index contributed by atoms with van der Waals surface area (Å²) in [6.45, 7) is 1.85. The highest BCUT2D eigenvalue weighted by atomic mass is 16.1. The van der Waals surface area contributed by atoms with Crippen LogP contribution >= 0.6 is 0 Å². The zero-order valence-corrected chi connectivity index (χ0v) is 5.30. The van der Waals surface area contributed by atoms with Crippen molar-refractivity contribution in [2.45, 2.75) is 6.92 Å². The molecule has 0 fully saturated rings. The highest BCUT2D eigenvalue weighted by molar-refractivity contribution is 6.13. The molecule has 2 bridgehead atoms. The Bertz CT molecular complexity index is 292. The fourth-order valence-corrected chi connectivity index (χ4v) is 1.21. The predicted molar refractivity (Wildman–Crippen MR) is 31.4 cm³/mol. The van der Waals surface area contributed by atoms with Crippen LogP contribution in [0.1, 0.15) is 22.0 Å². The lowest BCUT2D eigenvalue weighted by Gasteiger charge is -2.10. The largest absolute Gasteiger partial charge is 0.321 e. The Morgan fingerprint density at radius 1 is 1.56 bits per heavy atom. The number of aromatic nitrogens is 2. The van der Waals surface area contributed by atoms with Crippen LogP contribution in [-0.4, -0.2) is 15.3 Å². The van der Waals surface area contributed by atoms with E-state index in [1.807, 2.05) is 18.5 Å². The summed E-state index contributed by atoms with van der Waals surface area (Å²) in [6.07, 6.45) is 0. The highest BCUT2D eigenvalue weighted by Gasteiger charge is 2.32. The molecule has 3 heteroatoms. The van der Waals surface area contributed by atoms with Gasteiger partial charge in [-0.3, -0.25) is 4.79 Å². The Labute approximate surface area is 52.3 Å². The average Bonchev–Trinajstić information content (AvgIpc) is 2.23. The van der Waals surface area contributed by atoms with Crippen molar-refractivity contribution in [3.05, 3.63) is 17.2 Å². The van der Waals surface area contributed by atoms with Crippen molar-refractivity contribution in [3.63, 3.8) is 0 Å². The predicted octanol–water partition coefficient (Wildman–Crippen LogP) is 0.273. The summed E-state index contributed by atoms with van der Waals surface area (Å²) in [5, 5.41) is 0. The SMILES string of the molecule is Cc1nc2n(C)c1C2=O. The van der Waals surface area contributed by atoms with Gasteiger partial charge in [-0.25, -0.2) is 4.98 Å². The maximum Gasteiger partial charge on any atom is 0.246 e. The summed E-state index contributed by atoms with van der Waals surface area (Å²) in [5.74, 6) is 0.706. The molecular weight excluding hydrogens is 116 g/mol. The van der Waals surface area contributed by atoms with E-state index in [2.05, 4.69) is 4.98 Å². The van der Waals surface area contributed by atoms with Crippen molar-refractivity contribution in [3.8, 4) is 0 Å². The molecule has 3 heterocycles. The molecule has 1 aromatic rings. The summed E-state index contributed by atoms with van der Waals surface area (Å²) in [4.78, 5) is 14.8. The van der Waals surface area contributed by atoms with Crippen molar-refractivity contribution < 1.29 is 4.79 Å². The lowest BCUT2D eigenvalue weighted by atomic mass is 10.2. The van der Waals surface area contributed by atoms with Gasteiger partial charge in [0.25, 0.3) is 0 Å². The van der Waals surface area contributed by atoms with Gasteiger partial charge >= 0.3 is 0 Å². The minimum Gasteiger partial charge on any atom is -0.321 e. The molecule has 3 rings (SSSR count). The van der Waals surface area contributed by atoms with Gasteiger partial charge in [0.15, 0.2) is 5.82 Å². The molecule has 2 aliphatic heterocycles. The van der Waals surface area contributed by atoms with Gasteiger partial charge in [0.05, 0.1) is 5.69 Å². The standard InChI is InChI=1S/C6H6N2O/c1-3-4-5(9)6(7-3)8(4)2/h1-2H3. The van der Waals surface area contributed by atoms with Crippen molar-refractivity contribution in [2.75, 3.05) is 0 Å². The first-order chi connectivity index (χ1) is 4.22. The molecule has 0 amide bonds. The van der Waals surface area contributed by atoms with Crippen LogP contribution in [0.3, 0.4) is 0 Å². The van der Waals surface area contributed by atoms with Crippen LogP contribution in [0.5, 0.6) is 0 Å². The number of hydrogen-bond acceptors (Lipinski definition) is 2. The van der Waals surface area contributed by atoms with E-state index in [0.717, 1.165) is 11.4 Å². The molecule has 0 atom stereocenters. The number of imidazole rings is 1. The zero-order chi connectivity index (χ0) is 6.59. The molecule has 3 nitrogen and oxygen atoms in total. The van der Waals surface area contributed by atoms with E-state index >= 15 is 0 Å². The minimum atomic E-state index is 0.106. The van der Waals surface area contributed by atoms with Gasteiger partial charge in [0.1, 0.15) is 5.69 Å². The number of fused-ring (bicyclic) bond motifs is 1. The minimum absolute atomic E-state index is 0.106. The second-order valence-corrected chi connectivity index (χ2v) is 2.26. The number of carbonyl (C=O) groups excluding carboxylic acids is 1. The summed E-state index contributed by atoms with van der Waals surface area (Å²) >= 11 is 0. The van der Waals surface area contributed by atoms with Gasteiger partial charge in [-0.05, 0) is 6.92 Å². The Morgan fingerprint density at radius 3 is 2.33 bits per heavy atom. The third-order valence-electron chi connectivity index (χ3n) is 1.69. The molecule has 0 radical (unpaired) electrons. The van der Waals surface area contributed by atoms with Gasteiger partial charge < -0.3 is 4.57 Å². The lowest BCUT2D eigenvalue weighted by Crippen LogP contribution is -2.21. The monoisotopic (exact) mass is 122 g/mol. The fraction of sp³-hybridized carbons (Fsp3) is 0.333. The molecule has 2 aliphatic rings. The number of hydrogen-bond donors (Lipinski definition) is 0. The topological polar surface area (TPSA) is 34.9 Å². The van der Waals surface area contributed by atoms with E-state index in [0.29, 0.717) is 5.82 Å². The third-order valence-corrected chi connectivity index (χ3v) is 1.69. The van der Waals surface area contributed by atoms with E-state index in [1.165, 1.54) is 0 Å². The van der Waals surface area contributed by atoms with Crippen molar-refractivity contribution in [1.29, 1.82) is 0 Å². The summed E-state index contributed by atoms with van der Waals surface area (Å²) in [7, 11) is 1.85. The summed E-state index contributed by atoms with van der Waals surface area (Å²) in [6, 6.07) is 0. The first-order valence-electron chi connectivity index (χ1n) is 2.80. The second-order valence-electron chi connectivity index (χ2n) is 2.26. The first-order valence-corrected chi connectivity index (χ1v) is 2.80. The van der Waals surface area contributed by atoms with Crippen LogP contribution in [0.2, 0.25) is 0 Å². The maximum atomic E-state index is 10.8. The highest BCUT2D eigenvalue weighted by Crippen LogP contribution is 2.22. The van der Waals surface area contributed by atoms with Crippen LogP contribution in [-0.2, 0) is 7.05 Å². The fourth-order valence-electron chi connectivity index (χ4n) is 1.21. The van der Waals surface area contributed by atoms with Crippen molar-refractivity contribution in [2.24, 2.45) is 7.05 Å². The van der Waals surface area contributed by atoms with Crippen LogP contribution in [0.15, 0.2) is 0 Å². The Kier molecular flexibility index (Phi) is 0.565. The maximum absolute atomic E-state index is 10.8. The second kappa shape index (κ2) is 1.07. The molecule has 0 N–H and O–H groups in total. The molecular formula is C6H6N2O. The van der Waals surface area contributed by atoms with Gasteiger partial charge in [0.2, 0.25) is 5.78 Å². The van der Waals surface area contributed by atoms with E-state index in [-0.39, 0.29) is 5.78 Å². The molecule has 0 aliphatic carbocycles. The molecule has 1 aromatic heterocycles. The molecule has 0 unspecified atom stereocenters. The molecule has 9 heavy (non-hydrogen) atoms. The quantitative estimate of drug-likeness (QED) is 0.502. The van der Waals surface area contributed by atoms with E-state index < -0.39 is 0 Å². The normalized spacial score (nSPS) is 13.8. The van der Waals surface area contributed by atoms with Crippen molar-refractivity contribution >= 4 is 5.78 Å². The number of nitrogens with zero attached hydrogens (tertiary/aromatic N) is 2. The number of rotatable bonds is 0. The van der Waals surface area contributed by atoms with Gasteiger partial charge in [0, 0.05) is 7.05 Å². The molecule has 0 spiro atoms. The number of carbonyl (C=O) groups is 1. The molecule has 0 saturated carbocycles. The molecule has 0 aromatic carbocycles. The van der Waals surface area contributed by atoms with Crippen LogP contribution < -0.4 is 0 Å². The van der Waals surface area contributed by atoms with Crippen LogP contribution in [0, 0.1) is 6.92 Å². The number of ketones is 1. The zero-order valence-electron chi connectivity index (χ0n) is 5.30. The molecule has 0 saturated heterocycles. The van der Waals surface area contributed by atoms with Gasteiger partial charge in [-0.1, -0.05) is 0 Å². The Balaban J connectivity index is 2.82. The smallest absolute Gasteiger partial charge is 0.246 e. The van der Waals surface area contributed by atoms with Crippen LogP contribution in [0.4, 0.5) is 0 Å². The van der Waals surface area contributed by atoms with E-state index in [1.54, 1.807) is 0 Å². The van der Waals surface area contributed by atoms with Crippen LogP contribution in [0.25, 0.3) is 0 Å². The summed E-state index contributed by atoms with van der Waals surface area (Å²) < 4.78 is 1.82. The van der Waals surface area contributed by atoms with Gasteiger partial charge in [-0.15, -0.1) is 0 Å².